The number of ether oxygens (including phenoxy) is 2. The molecule has 2 rings (SSSR count). The summed E-state index contributed by atoms with van der Waals surface area (Å²) in [6, 6.07) is -1.01. The predicted molar refractivity (Wildman–Crippen MR) is 56.2 cm³/mol. The number of carbonyl (C=O) groups is 3. The molecule has 3 atom stereocenters. The van der Waals surface area contributed by atoms with E-state index in [4.69, 9.17) is 4.74 Å². The highest BCUT2D eigenvalue weighted by Gasteiger charge is 2.62. The molecular formula is C10H13FN2O6. The molecule has 0 radical (unpaired) electrons. The fraction of sp³-hybridized carbons (Fsp3) is 0.700. The number of hydrogen-bond donors (Lipinski definition) is 2. The summed E-state index contributed by atoms with van der Waals surface area (Å²) in [4.78, 5) is 35.1. The number of nitrogens with one attached hydrogen (secondary N) is 1. The van der Waals surface area contributed by atoms with Crippen LogP contribution in [0.25, 0.3) is 0 Å². The van der Waals surface area contributed by atoms with Crippen molar-refractivity contribution in [1.29, 1.82) is 0 Å². The fourth-order valence-electron chi connectivity index (χ4n) is 2.09. The van der Waals surface area contributed by atoms with E-state index in [1.807, 2.05) is 0 Å². The molecule has 0 spiro atoms. The Hall–Kier alpha value is -1.74. The first-order chi connectivity index (χ1) is 8.92. The van der Waals surface area contributed by atoms with Crippen LogP contribution in [0, 0.1) is 0 Å². The SMILES string of the molecule is COC(=O)C1(F)C(=O)NC(=O)N(C2CCCO2)C1O. The number of aliphatic hydroxyl groups excluding tert-OH is 1. The number of rotatable bonds is 2. The summed E-state index contributed by atoms with van der Waals surface area (Å²) in [5.41, 5.74) is -3.37. The summed E-state index contributed by atoms with van der Waals surface area (Å²) in [6.45, 7) is 0.340. The van der Waals surface area contributed by atoms with Crippen LogP contribution in [0.5, 0.6) is 0 Å². The molecule has 2 aliphatic heterocycles. The van der Waals surface area contributed by atoms with Crippen molar-refractivity contribution in [2.24, 2.45) is 0 Å². The third-order valence-electron chi connectivity index (χ3n) is 3.10. The number of nitrogens with zero attached hydrogens (tertiary/aromatic N) is 1. The number of amides is 3. The molecule has 19 heavy (non-hydrogen) atoms. The van der Waals surface area contributed by atoms with Crippen LogP contribution in [-0.2, 0) is 19.1 Å². The molecule has 2 fully saturated rings. The average Bonchev–Trinajstić information content (AvgIpc) is 2.88. The molecule has 9 heteroatoms. The van der Waals surface area contributed by atoms with E-state index < -0.39 is 36.0 Å². The maximum atomic E-state index is 14.4. The number of alkyl halides is 1. The average molecular weight is 276 g/mol. The monoisotopic (exact) mass is 276 g/mol. The zero-order valence-corrected chi connectivity index (χ0v) is 10.1. The molecule has 2 heterocycles. The van der Waals surface area contributed by atoms with Crippen LogP contribution in [0.1, 0.15) is 12.8 Å². The number of carbonyl (C=O) groups excluding carboxylic acids is 3. The van der Waals surface area contributed by atoms with Gasteiger partial charge in [-0.1, -0.05) is 0 Å². The topological polar surface area (TPSA) is 105 Å². The number of methoxy groups -OCH3 is 1. The Kier molecular flexibility index (Phi) is 3.42. The second-order valence-corrected chi connectivity index (χ2v) is 4.21. The molecule has 0 aromatic heterocycles. The first-order valence-corrected chi connectivity index (χ1v) is 5.63. The second-order valence-electron chi connectivity index (χ2n) is 4.21. The van der Waals surface area contributed by atoms with Gasteiger partial charge in [-0.2, -0.15) is 0 Å². The Balaban J connectivity index is 2.33. The maximum absolute atomic E-state index is 14.4. The van der Waals surface area contributed by atoms with Crippen molar-refractivity contribution in [2.75, 3.05) is 13.7 Å². The molecule has 8 nitrogen and oxygen atoms in total. The molecule has 3 unspecified atom stereocenters. The first-order valence-electron chi connectivity index (χ1n) is 5.63. The van der Waals surface area contributed by atoms with Crippen molar-refractivity contribution in [3.05, 3.63) is 0 Å². The van der Waals surface area contributed by atoms with E-state index in [0.29, 0.717) is 24.3 Å². The van der Waals surface area contributed by atoms with Crippen LogP contribution in [0.2, 0.25) is 0 Å². The number of aliphatic hydroxyl groups is 1. The molecule has 2 aliphatic rings. The Morgan fingerprint density at radius 3 is 2.84 bits per heavy atom. The summed E-state index contributed by atoms with van der Waals surface area (Å²) in [5, 5.41) is 11.6. The number of halogens is 1. The molecule has 0 bridgehead atoms. The number of urea groups is 1. The lowest BCUT2D eigenvalue weighted by Gasteiger charge is -2.41. The fourth-order valence-corrected chi connectivity index (χ4v) is 2.09. The Bertz CT molecular complexity index is 424. The molecule has 0 aromatic rings. The van der Waals surface area contributed by atoms with E-state index in [1.54, 1.807) is 5.32 Å². The van der Waals surface area contributed by atoms with Gasteiger partial charge in [0.05, 0.1) is 7.11 Å². The summed E-state index contributed by atoms with van der Waals surface area (Å²) in [7, 11) is 0.872. The summed E-state index contributed by atoms with van der Waals surface area (Å²) in [5.74, 6) is -3.13. The van der Waals surface area contributed by atoms with Gasteiger partial charge in [0.15, 0.2) is 6.23 Å². The van der Waals surface area contributed by atoms with Gasteiger partial charge in [0.2, 0.25) is 0 Å². The van der Waals surface area contributed by atoms with Gasteiger partial charge in [-0.3, -0.25) is 15.0 Å². The quantitative estimate of drug-likeness (QED) is 0.488. The highest BCUT2D eigenvalue weighted by molar-refractivity contribution is 6.13. The van der Waals surface area contributed by atoms with Crippen molar-refractivity contribution in [1.82, 2.24) is 10.2 Å². The summed E-state index contributed by atoms with van der Waals surface area (Å²) in [6.07, 6.45) is -2.19. The van der Waals surface area contributed by atoms with E-state index in [9.17, 15) is 23.9 Å². The van der Waals surface area contributed by atoms with Gasteiger partial charge in [-0.15, -0.1) is 0 Å². The normalized spacial score (nSPS) is 35.2. The van der Waals surface area contributed by atoms with Crippen molar-refractivity contribution >= 4 is 17.9 Å². The van der Waals surface area contributed by atoms with Crippen LogP contribution in [0.3, 0.4) is 0 Å². The van der Waals surface area contributed by atoms with Gasteiger partial charge in [0.1, 0.15) is 6.23 Å². The largest absolute Gasteiger partial charge is 0.466 e. The van der Waals surface area contributed by atoms with Gasteiger partial charge in [-0.25, -0.2) is 14.0 Å². The van der Waals surface area contributed by atoms with Crippen LogP contribution in [-0.4, -0.2) is 59.8 Å². The van der Waals surface area contributed by atoms with Gasteiger partial charge in [0.25, 0.3) is 5.91 Å². The zero-order valence-electron chi connectivity index (χ0n) is 10.1. The van der Waals surface area contributed by atoms with Crippen LogP contribution < -0.4 is 5.32 Å². The highest BCUT2D eigenvalue weighted by atomic mass is 19.1. The van der Waals surface area contributed by atoms with Crippen LogP contribution in [0.4, 0.5) is 9.18 Å². The maximum Gasteiger partial charge on any atom is 0.358 e. The lowest BCUT2D eigenvalue weighted by Crippen LogP contribution is -2.72. The van der Waals surface area contributed by atoms with E-state index in [-0.39, 0.29) is 0 Å². The van der Waals surface area contributed by atoms with Gasteiger partial charge in [0, 0.05) is 6.61 Å². The molecule has 0 saturated carbocycles. The molecule has 2 saturated heterocycles. The van der Waals surface area contributed by atoms with Crippen molar-refractivity contribution in [3.8, 4) is 0 Å². The van der Waals surface area contributed by atoms with Crippen molar-refractivity contribution in [2.45, 2.75) is 31.0 Å². The second kappa shape index (κ2) is 4.74. The Labute approximate surface area is 107 Å². The lowest BCUT2D eigenvalue weighted by molar-refractivity contribution is -0.193. The molecule has 3 amide bonds. The molecule has 0 aromatic carbocycles. The van der Waals surface area contributed by atoms with Crippen molar-refractivity contribution < 1.29 is 33.4 Å². The van der Waals surface area contributed by atoms with E-state index >= 15 is 0 Å². The van der Waals surface area contributed by atoms with Gasteiger partial charge < -0.3 is 14.6 Å². The van der Waals surface area contributed by atoms with Gasteiger partial charge in [-0.05, 0) is 12.8 Å². The lowest BCUT2D eigenvalue weighted by atomic mass is 9.99. The van der Waals surface area contributed by atoms with Gasteiger partial charge >= 0.3 is 17.7 Å². The van der Waals surface area contributed by atoms with Crippen LogP contribution >= 0.6 is 0 Å². The molecule has 2 N–H and O–H groups in total. The minimum absolute atomic E-state index is 0.340. The number of imide groups is 1. The van der Waals surface area contributed by atoms with E-state index in [1.165, 1.54) is 0 Å². The van der Waals surface area contributed by atoms with Crippen LogP contribution in [0.15, 0.2) is 0 Å². The smallest absolute Gasteiger partial charge is 0.358 e. The standard InChI is InChI=1S/C10H13FN2O6/c1-18-8(16)10(11)6(14)12-9(17)13(7(10)15)5-3-2-4-19-5/h5,7,15H,2-4H2,1H3,(H,12,14,17). The predicted octanol–water partition coefficient (Wildman–Crippen LogP) is -1.13. The highest BCUT2D eigenvalue weighted by Crippen LogP contribution is 2.30. The first kappa shape index (κ1) is 13.7. The van der Waals surface area contributed by atoms with Crippen molar-refractivity contribution in [3.63, 3.8) is 0 Å². The number of esters is 1. The third-order valence-corrected chi connectivity index (χ3v) is 3.10. The molecule has 0 aliphatic carbocycles. The number of hydrogen-bond acceptors (Lipinski definition) is 6. The van der Waals surface area contributed by atoms with E-state index in [0.717, 1.165) is 7.11 Å². The Morgan fingerprint density at radius 2 is 2.32 bits per heavy atom. The van der Waals surface area contributed by atoms with E-state index in [2.05, 4.69) is 4.74 Å². The zero-order chi connectivity index (χ0) is 14.2. The minimum atomic E-state index is -3.37. The summed E-state index contributed by atoms with van der Waals surface area (Å²) >= 11 is 0. The minimum Gasteiger partial charge on any atom is -0.466 e. The third kappa shape index (κ3) is 1.94. The molecular weight excluding hydrogens is 263 g/mol. The summed E-state index contributed by atoms with van der Waals surface area (Å²) < 4.78 is 23.8. The Morgan fingerprint density at radius 1 is 1.63 bits per heavy atom. The molecule has 106 valence electrons.